The molecule has 24 heteroatoms. The second-order valence-corrected chi connectivity index (χ2v) is 18.5. The average molecular weight is 1050 g/mol. The van der Waals surface area contributed by atoms with Gasteiger partial charge in [-0.1, -0.05) is 42.4 Å². The van der Waals surface area contributed by atoms with Crippen LogP contribution in [0.1, 0.15) is 17.7 Å². The van der Waals surface area contributed by atoms with Crippen molar-refractivity contribution in [3.63, 3.8) is 0 Å². The average Bonchev–Trinajstić information content (AvgIpc) is 3.37. The smallest absolute Gasteiger partial charge is 0.318 e. The van der Waals surface area contributed by atoms with E-state index in [1.165, 1.54) is 6.08 Å². The summed E-state index contributed by atoms with van der Waals surface area (Å²) in [5.41, 5.74) is 2.82. The minimum Gasteiger partial charge on any atom is -0.480 e. The molecule has 6 rings (SSSR count). The van der Waals surface area contributed by atoms with Crippen LogP contribution < -0.4 is 19.9 Å². The van der Waals surface area contributed by atoms with E-state index in [9.17, 15) is 44.6 Å². The number of hydrogen-bond acceptors (Lipinski definition) is 18. The number of amides is 2. The van der Waals surface area contributed by atoms with Gasteiger partial charge in [0.15, 0.2) is 0 Å². The van der Waals surface area contributed by atoms with Crippen LogP contribution in [-0.2, 0) is 51.1 Å². The summed E-state index contributed by atoms with van der Waals surface area (Å²) in [6, 6.07) is 14.1. The van der Waals surface area contributed by atoms with Crippen LogP contribution in [0.5, 0.6) is 6.01 Å². The predicted octanol–water partition coefficient (Wildman–Crippen LogP) is 0.983. The SMILES string of the molecule is C=CC(=O)N1CCN(c2nc(OCCOCCOCCOCCNC(=O)CN3CCN(CC(=O)O)CCN(CC(=O)O)CCN(CC(=O)O)CC3)nc3c2CCN(c2cccc4cccc(Cl)c24)C3)C[C@@H]1CC#N. The van der Waals surface area contributed by atoms with E-state index in [2.05, 4.69) is 33.8 Å². The van der Waals surface area contributed by atoms with Gasteiger partial charge in [0.05, 0.1) is 102 Å². The van der Waals surface area contributed by atoms with Crippen molar-refractivity contribution in [2.75, 3.05) is 167 Å². The minimum absolute atomic E-state index is 0.00675. The number of ether oxygens (including phenoxy) is 4. The number of carbonyl (C=O) groups is 5. The molecule has 2 fully saturated rings. The number of carboxylic acids is 3. The number of piperazine rings is 1. The van der Waals surface area contributed by atoms with Crippen LogP contribution >= 0.6 is 11.6 Å². The normalized spacial score (nSPS) is 17.7. The second kappa shape index (κ2) is 29.6. The summed E-state index contributed by atoms with van der Waals surface area (Å²) in [6.07, 6.45) is 2.11. The summed E-state index contributed by atoms with van der Waals surface area (Å²) in [7, 11) is 0. The molecular weight excluding hydrogens is 982 g/mol. The molecule has 2 amide bonds. The number of fused-ring (bicyclic) bond motifs is 2. The van der Waals surface area contributed by atoms with E-state index >= 15 is 0 Å². The summed E-state index contributed by atoms with van der Waals surface area (Å²) < 4.78 is 23.2. The van der Waals surface area contributed by atoms with Gasteiger partial charge >= 0.3 is 23.9 Å². The van der Waals surface area contributed by atoms with E-state index in [4.69, 9.17) is 40.5 Å². The third-order valence-electron chi connectivity index (χ3n) is 12.9. The number of nitriles is 1. The quantitative estimate of drug-likeness (QED) is 0.0681. The Morgan fingerprint density at radius 2 is 1.27 bits per heavy atom. The lowest BCUT2D eigenvalue weighted by Gasteiger charge is -2.42. The Bertz CT molecular complexity index is 2390. The third kappa shape index (κ3) is 17.7. The van der Waals surface area contributed by atoms with Gasteiger partial charge in [0.25, 0.3) is 0 Å². The Kier molecular flexibility index (Phi) is 22.8. The van der Waals surface area contributed by atoms with E-state index in [1.807, 2.05) is 35.2 Å². The molecule has 3 aliphatic heterocycles. The lowest BCUT2D eigenvalue weighted by Crippen LogP contribution is -2.55. The molecule has 2 saturated heterocycles. The number of halogens is 1. The van der Waals surface area contributed by atoms with E-state index in [1.54, 1.807) is 19.6 Å². The van der Waals surface area contributed by atoms with Crippen molar-refractivity contribution in [2.24, 2.45) is 0 Å². The number of nitrogens with zero attached hydrogens (tertiary/aromatic N) is 10. The molecule has 0 saturated carbocycles. The highest BCUT2D eigenvalue weighted by molar-refractivity contribution is 6.36. The number of benzene rings is 2. The number of hydrogen-bond donors (Lipinski definition) is 4. The first-order valence-electron chi connectivity index (χ1n) is 24.9. The highest BCUT2D eigenvalue weighted by Gasteiger charge is 2.34. The standard InChI is InChI=1S/C50H68ClN11O12/c1-2-44(64)62-23-22-61(31-38(62)9-11-52)49-39-10-13-60(42-8-4-6-37-5-3-7-40(51)48(37)42)32-41(39)54-50(55-49)74-30-29-73-28-27-72-26-25-71-24-12-53-43(63)33-56-14-16-57(34-45(65)66)18-20-59(36-47(69)70)21-19-58(17-15-56)35-46(67)68/h2-8,38H,1,9-10,12-36H2,(H,53,63)(H,65,66)(H,67,68)(H,69,70)/t38-/m0/s1. The zero-order valence-corrected chi connectivity index (χ0v) is 42.5. The van der Waals surface area contributed by atoms with Gasteiger partial charge in [0.1, 0.15) is 12.4 Å². The maximum atomic E-state index is 13.0. The molecule has 4 heterocycles. The predicted molar refractivity (Wildman–Crippen MR) is 274 cm³/mol. The summed E-state index contributed by atoms with van der Waals surface area (Å²) in [5.74, 6) is -2.83. The number of carbonyl (C=O) groups excluding carboxylic acids is 2. The number of rotatable bonds is 25. The number of aromatic nitrogens is 2. The van der Waals surface area contributed by atoms with E-state index in [-0.39, 0.29) is 116 Å². The molecule has 74 heavy (non-hydrogen) atoms. The van der Waals surface area contributed by atoms with Crippen LogP contribution in [0.3, 0.4) is 0 Å². The summed E-state index contributed by atoms with van der Waals surface area (Å²) >= 11 is 6.74. The van der Waals surface area contributed by atoms with Gasteiger partial charge in [0, 0.05) is 102 Å². The van der Waals surface area contributed by atoms with Crippen LogP contribution in [0, 0.1) is 11.3 Å². The molecule has 2 aromatic carbocycles. The van der Waals surface area contributed by atoms with E-state index in [0.29, 0.717) is 90.2 Å². The Labute approximate surface area is 435 Å². The second-order valence-electron chi connectivity index (χ2n) is 18.1. The fraction of sp³-hybridized carbons (Fsp3) is 0.560. The first-order valence-corrected chi connectivity index (χ1v) is 25.2. The summed E-state index contributed by atoms with van der Waals surface area (Å²) in [6.45, 7) is 9.98. The molecule has 3 aliphatic rings. The fourth-order valence-electron chi connectivity index (χ4n) is 9.24. The number of aliphatic carboxylic acids is 3. The zero-order valence-electron chi connectivity index (χ0n) is 41.8. The van der Waals surface area contributed by atoms with Gasteiger partial charge in [-0.2, -0.15) is 15.2 Å². The molecule has 0 bridgehead atoms. The highest BCUT2D eigenvalue weighted by atomic mass is 35.5. The van der Waals surface area contributed by atoms with Crippen LogP contribution in [-0.4, -0.2) is 243 Å². The van der Waals surface area contributed by atoms with Gasteiger partial charge in [0.2, 0.25) is 11.8 Å². The van der Waals surface area contributed by atoms with Crippen molar-refractivity contribution in [3.8, 4) is 12.1 Å². The van der Waals surface area contributed by atoms with Crippen molar-refractivity contribution in [1.82, 2.24) is 39.8 Å². The highest BCUT2D eigenvalue weighted by Crippen LogP contribution is 2.37. The zero-order chi connectivity index (χ0) is 52.8. The van der Waals surface area contributed by atoms with E-state index in [0.717, 1.165) is 33.5 Å². The maximum absolute atomic E-state index is 13.0. The molecule has 3 aromatic rings. The van der Waals surface area contributed by atoms with Gasteiger partial charge in [-0.3, -0.25) is 43.6 Å². The lowest BCUT2D eigenvalue weighted by atomic mass is 10.0. The van der Waals surface area contributed by atoms with Crippen LogP contribution in [0.25, 0.3) is 10.8 Å². The molecule has 4 N–H and O–H groups in total. The van der Waals surface area contributed by atoms with Gasteiger partial charge in [-0.15, -0.1) is 0 Å². The summed E-state index contributed by atoms with van der Waals surface area (Å²) in [4.78, 5) is 83.0. The first-order chi connectivity index (χ1) is 35.8. The van der Waals surface area contributed by atoms with Crippen molar-refractivity contribution in [2.45, 2.75) is 25.4 Å². The molecular formula is C50H68ClN11O12. The van der Waals surface area contributed by atoms with Crippen molar-refractivity contribution in [1.29, 1.82) is 5.26 Å². The molecule has 402 valence electrons. The van der Waals surface area contributed by atoms with Crippen molar-refractivity contribution < 1.29 is 58.2 Å². The molecule has 0 spiro atoms. The van der Waals surface area contributed by atoms with Gasteiger partial charge < -0.3 is 54.3 Å². The first kappa shape index (κ1) is 57.1. The Balaban J connectivity index is 0.922. The van der Waals surface area contributed by atoms with Crippen molar-refractivity contribution in [3.05, 3.63) is 65.3 Å². The monoisotopic (exact) mass is 1050 g/mol. The third-order valence-corrected chi connectivity index (χ3v) is 13.2. The maximum Gasteiger partial charge on any atom is 0.318 e. The molecule has 0 unspecified atom stereocenters. The van der Waals surface area contributed by atoms with Crippen molar-refractivity contribution >= 4 is 63.6 Å². The van der Waals surface area contributed by atoms with Crippen LogP contribution in [0.4, 0.5) is 11.5 Å². The topological polar surface area (TPSA) is 267 Å². The van der Waals surface area contributed by atoms with E-state index < -0.39 is 17.9 Å². The molecule has 0 aliphatic carbocycles. The number of anilines is 2. The molecule has 1 atom stereocenters. The Morgan fingerprint density at radius 3 is 1.84 bits per heavy atom. The molecule has 0 radical (unpaired) electrons. The van der Waals surface area contributed by atoms with Gasteiger partial charge in [-0.05, 0) is 30.0 Å². The number of nitrogens with one attached hydrogen (secondary N) is 1. The fourth-order valence-corrected chi connectivity index (χ4v) is 9.51. The molecule has 1 aromatic heterocycles. The Hall–Kier alpha value is -6.23. The summed E-state index contributed by atoms with van der Waals surface area (Å²) in [5, 5.41) is 43.5. The van der Waals surface area contributed by atoms with Gasteiger partial charge in [-0.25, -0.2) is 0 Å². The lowest BCUT2D eigenvalue weighted by molar-refractivity contribution is -0.140. The molecule has 23 nitrogen and oxygen atoms in total. The number of carboxylic acid groups (broad SMARTS) is 3. The largest absolute Gasteiger partial charge is 0.480 e. The van der Waals surface area contributed by atoms with Crippen LogP contribution in [0.2, 0.25) is 5.02 Å². The minimum atomic E-state index is -1.03. The Morgan fingerprint density at radius 1 is 0.716 bits per heavy atom. The van der Waals surface area contributed by atoms with Crippen LogP contribution in [0.15, 0.2) is 49.1 Å².